The Labute approximate surface area is 137 Å². The Morgan fingerprint density at radius 2 is 2.14 bits per heavy atom. The van der Waals surface area contributed by atoms with Gasteiger partial charge in [0, 0.05) is 14.9 Å². The van der Waals surface area contributed by atoms with E-state index in [0.717, 1.165) is 34.6 Å². The maximum atomic E-state index is 14.3. The maximum absolute atomic E-state index is 14.3. The first-order valence-corrected chi connectivity index (χ1v) is 8.82. The van der Waals surface area contributed by atoms with Gasteiger partial charge in [-0.3, -0.25) is 0 Å². The van der Waals surface area contributed by atoms with Gasteiger partial charge in [-0.25, -0.2) is 9.37 Å². The number of halogens is 2. The van der Waals surface area contributed by atoms with Crippen molar-refractivity contribution in [2.75, 3.05) is 6.54 Å². The van der Waals surface area contributed by atoms with Crippen LogP contribution in [0.2, 0.25) is 0 Å². The third-order valence-corrected chi connectivity index (χ3v) is 4.93. The summed E-state index contributed by atoms with van der Waals surface area (Å²) in [6.07, 6.45) is 1.91. The van der Waals surface area contributed by atoms with Gasteiger partial charge in [0.1, 0.15) is 10.8 Å². The Morgan fingerprint density at radius 3 is 2.71 bits per heavy atom. The summed E-state index contributed by atoms with van der Waals surface area (Å²) in [7, 11) is 0. The molecule has 0 spiro atoms. The topological polar surface area (TPSA) is 24.9 Å². The standard InChI is InChI=1S/C16H20BrFN2S/c1-4-8-19-15(12-7-6-11(17)9-13(12)18)16-20-14(5-2)10(3)21-16/h6-7,9,15,19H,4-5,8H2,1-3H3. The molecule has 0 aliphatic carbocycles. The van der Waals surface area contributed by atoms with Crippen LogP contribution in [0.25, 0.3) is 0 Å². The van der Waals surface area contributed by atoms with E-state index in [4.69, 9.17) is 4.98 Å². The minimum Gasteiger partial charge on any atom is -0.304 e. The SMILES string of the molecule is CCCNC(c1nc(CC)c(C)s1)c1ccc(Br)cc1F. The predicted octanol–water partition coefficient (Wildman–Crippen LogP) is 5.00. The number of nitrogens with one attached hydrogen (secondary N) is 1. The minimum atomic E-state index is -0.205. The molecular formula is C16H20BrFN2S. The lowest BCUT2D eigenvalue weighted by molar-refractivity contribution is 0.544. The van der Waals surface area contributed by atoms with Gasteiger partial charge < -0.3 is 5.32 Å². The molecule has 0 aliphatic heterocycles. The first kappa shape index (κ1) is 16.6. The highest BCUT2D eigenvalue weighted by atomic mass is 79.9. The number of thiazole rings is 1. The second-order valence-electron chi connectivity index (χ2n) is 4.96. The molecule has 0 saturated heterocycles. The van der Waals surface area contributed by atoms with Gasteiger partial charge in [0.25, 0.3) is 0 Å². The summed E-state index contributed by atoms with van der Waals surface area (Å²) in [5.74, 6) is -0.205. The van der Waals surface area contributed by atoms with E-state index in [2.05, 4.69) is 42.0 Å². The van der Waals surface area contributed by atoms with Gasteiger partial charge >= 0.3 is 0 Å². The van der Waals surface area contributed by atoms with Gasteiger partial charge in [-0.1, -0.05) is 35.8 Å². The van der Waals surface area contributed by atoms with E-state index in [-0.39, 0.29) is 11.9 Å². The van der Waals surface area contributed by atoms with Crippen LogP contribution in [0, 0.1) is 12.7 Å². The van der Waals surface area contributed by atoms with E-state index in [0.29, 0.717) is 5.56 Å². The van der Waals surface area contributed by atoms with Crippen molar-refractivity contribution in [1.82, 2.24) is 10.3 Å². The monoisotopic (exact) mass is 370 g/mol. The van der Waals surface area contributed by atoms with Crippen LogP contribution in [-0.4, -0.2) is 11.5 Å². The number of rotatable bonds is 6. The zero-order valence-corrected chi connectivity index (χ0v) is 14.9. The normalized spacial score (nSPS) is 12.6. The van der Waals surface area contributed by atoms with Gasteiger partial charge in [-0.05, 0) is 38.4 Å². The third-order valence-electron chi connectivity index (χ3n) is 3.36. The van der Waals surface area contributed by atoms with Crippen molar-refractivity contribution in [1.29, 1.82) is 0 Å². The largest absolute Gasteiger partial charge is 0.304 e. The Hall–Kier alpha value is -0.780. The first-order valence-electron chi connectivity index (χ1n) is 7.21. The van der Waals surface area contributed by atoms with Gasteiger partial charge in [-0.15, -0.1) is 11.3 Å². The summed E-state index contributed by atoms with van der Waals surface area (Å²) >= 11 is 4.96. The molecule has 1 aromatic carbocycles. The van der Waals surface area contributed by atoms with Crippen LogP contribution < -0.4 is 5.32 Å². The quantitative estimate of drug-likeness (QED) is 0.773. The van der Waals surface area contributed by atoms with Crippen LogP contribution >= 0.6 is 27.3 Å². The second-order valence-corrected chi connectivity index (χ2v) is 7.11. The molecule has 21 heavy (non-hydrogen) atoms. The van der Waals surface area contributed by atoms with E-state index in [1.807, 2.05) is 12.1 Å². The van der Waals surface area contributed by atoms with Crippen LogP contribution in [0.15, 0.2) is 22.7 Å². The van der Waals surface area contributed by atoms with Crippen molar-refractivity contribution >= 4 is 27.3 Å². The summed E-state index contributed by atoms with van der Waals surface area (Å²) in [6, 6.07) is 5.04. The van der Waals surface area contributed by atoms with Crippen molar-refractivity contribution < 1.29 is 4.39 Å². The number of hydrogen-bond acceptors (Lipinski definition) is 3. The highest BCUT2D eigenvalue weighted by Gasteiger charge is 2.21. The second kappa shape index (κ2) is 7.47. The number of benzene rings is 1. The highest BCUT2D eigenvalue weighted by molar-refractivity contribution is 9.10. The highest BCUT2D eigenvalue weighted by Crippen LogP contribution is 2.31. The molecule has 5 heteroatoms. The van der Waals surface area contributed by atoms with E-state index in [1.165, 1.54) is 10.9 Å². The number of aromatic nitrogens is 1. The molecule has 1 heterocycles. The minimum absolute atomic E-state index is 0.179. The molecular weight excluding hydrogens is 351 g/mol. The molecule has 2 aromatic rings. The molecule has 0 bridgehead atoms. The van der Waals surface area contributed by atoms with Crippen molar-refractivity contribution in [3.8, 4) is 0 Å². The van der Waals surface area contributed by atoms with Gasteiger partial charge in [0.2, 0.25) is 0 Å². The van der Waals surface area contributed by atoms with Gasteiger partial charge in [0.15, 0.2) is 0 Å². The van der Waals surface area contributed by atoms with E-state index in [1.54, 1.807) is 11.3 Å². The van der Waals surface area contributed by atoms with E-state index in [9.17, 15) is 4.39 Å². The van der Waals surface area contributed by atoms with Crippen LogP contribution in [-0.2, 0) is 6.42 Å². The number of hydrogen-bond donors (Lipinski definition) is 1. The van der Waals surface area contributed by atoms with E-state index < -0.39 is 0 Å². The first-order chi connectivity index (χ1) is 10.1. The number of aryl methyl sites for hydroxylation is 2. The zero-order valence-electron chi connectivity index (χ0n) is 12.5. The molecule has 0 aliphatic rings. The molecule has 2 nitrogen and oxygen atoms in total. The molecule has 2 rings (SSSR count). The molecule has 1 N–H and O–H groups in total. The average molecular weight is 371 g/mol. The van der Waals surface area contributed by atoms with Crippen LogP contribution in [0.1, 0.15) is 47.5 Å². The van der Waals surface area contributed by atoms with Gasteiger partial charge in [-0.2, -0.15) is 0 Å². The molecule has 1 atom stereocenters. The summed E-state index contributed by atoms with van der Waals surface area (Å²) in [5, 5.41) is 4.36. The fraction of sp³-hybridized carbons (Fsp3) is 0.438. The van der Waals surface area contributed by atoms with Crippen LogP contribution in [0.4, 0.5) is 4.39 Å². The van der Waals surface area contributed by atoms with E-state index >= 15 is 0 Å². The van der Waals surface area contributed by atoms with Crippen molar-refractivity contribution in [3.63, 3.8) is 0 Å². The third kappa shape index (κ3) is 3.90. The summed E-state index contributed by atoms with van der Waals surface area (Å²) in [4.78, 5) is 5.92. The Morgan fingerprint density at radius 1 is 1.38 bits per heavy atom. The number of nitrogens with zero attached hydrogens (tertiary/aromatic N) is 1. The lowest BCUT2D eigenvalue weighted by Gasteiger charge is -2.17. The Kier molecular flexibility index (Phi) is 5.90. The molecule has 1 unspecified atom stereocenters. The van der Waals surface area contributed by atoms with Crippen molar-refractivity contribution in [3.05, 3.63) is 49.6 Å². The van der Waals surface area contributed by atoms with Crippen molar-refractivity contribution in [2.45, 2.75) is 39.7 Å². The molecule has 1 aromatic heterocycles. The maximum Gasteiger partial charge on any atom is 0.129 e. The van der Waals surface area contributed by atoms with Crippen LogP contribution in [0.5, 0.6) is 0 Å². The predicted molar refractivity (Wildman–Crippen MR) is 90.5 cm³/mol. The molecule has 114 valence electrons. The lowest BCUT2D eigenvalue weighted by Crippen LogP contribution is -2.24. The fourth-order valence-corrected chi connectivity index (χ4v) is 3.70. The zero-order chi connectivity index (χ0) is 15.4. The average Bonchev–Trinajstić information content (AvgIpc) is 2.82. The molecule has 0 amide bonds. The Balaban J connectivity index is 2.41. The lowest BCUT2D eigenvalue weighted by atomic mass is 10.1. The summed E-state index contributed by atoms with van der Waals surface area (Å²) in [6.45, 7) is 7.11. The van der Waals surface area contributed by atoms with Crippen LogP contribution in [0.3, 0.4) is 0 Å². The molecule has 0 fully saturated rings. The fourth-order valence-electron chi connectivity index (χ4n) is 2.26. The molecule has 0 radical (unpaired) electrons. The molecule has 0 saturated carbocycles. The smallest absolute Gasteiger partial charge is 0.129 e. The van der Waals surface area contributed by atoms with Crippen molar-refractivity contribution in [2.24, 2.45) is 0 Å². The van der Waals surface area contributed by atoms with Gasteiger partial charge in [0.05, 0.1) is 11.7 Å². The summed E-state index contributed by atoms with van der Waals surface area (Å²) < 4.78 is 15.1. The summed E-state index contributed by atoms with van der Waals surface area (Å²) in [5.41, 5.74) is 1.76. The Bertz CT molecular complexity index is 612.